The van der Waals surface area contributed by atoms with Crippen LogP contribution in [0, 0.1) is 13.8 Å². The minimum Gasteiger partial charge on any atom is -0.493 e. The normalized spacial score (nSPS) is 11.7. The summed E-state index contributed by atoms with van der Waals surface area (Å²) >= 11 is 1.63. The van der Waals surface area contributed by atoms with Gasteiger partial charge in [0.15, 0.2) is 11.5 Å². The molecule has 0 unspecified atom stereocenters. The number of hydrogen-bond donors (Lipinski definition) is 1. The number of methoxy groups -OCH3 is 2. The van der Waals surface area contributed by atoms with E-state index >= 15 is 0 Å². The monoisotopic (exact) mass is 373 g/mol. The maximum Gasteiger partial charge on any atom is 0.230 e. The van der Waals surface area contributed by atoms with Gasteiger partial charge in [0.2, 0.25) is 5.91 Å². The van der Waals surface area contributed by atoms with E-state index in [1.807, 2.05) is 25.1 Å². The minimum atomic E-state index is -0.0934. The molecule has 0 aromatic heterocycles. The van der Waals surface area contributed by atoms with Gasteiger partial charge in [-0.3, -0.25) is 4.79 Å². The number of ether oxygens (including phenoxy) is 2. The number of thioether (sulfide) groups is 1. The van der Waals surface area contributed by atoms with E-state index in [4.69, 9.17) is 9.47 Å². The third kappa shape index (κ3) is 5.70. The van der Waals surface area contributed by atoms with Gasteiger partial charge in [-0.2, -0.15) is 0 Å². The number of carbonyl (C=O) groups is 1. The molecule has 1 atom stereocenters. The lowest BCUT2D eigenvalue weighted by atomic mass is 10.1. The molecule has 0 bridgehead atoms. The first-order valence-electron chi connectivity index (χ1n) is 8.59. The van der Waals surface area contributed by atoms with E-state index in [2.05, 4.69) is 37.4 Å². The molecule has 1 amide bonds. The first-order valence-corrected chi connectivity index (χ1v) is 9.74. The van der Waals surface area contributed by atoms with Crippen LogP contribution in [-0.2, 0) is 10.5 Å². The molecule has 0 saturated heterocycles. The number of benzene rings is 2. The average molecular weight is 374 g/mol. The van der Waals surface area contributed by atoms with Crippen molar-refractivity contribution in [1.29, 1.82) is 0 Å². The average Bonchev–Trinajstić information content (AvgIpc) is 2.60. The summed E-state index contributed by atoms with van der Waals surface area (Å²) in [5.74, 6) is 2.64. The fourth-order valence-electron chi connectivity index (χ4n) is 2.90. The molecular formula is C21H27NO3S. The first-order chi connectivity index (χ1) is 12.4. The van der Waals surface area contributed by atoms with Crippen LogP contribution in [0.25, 0.3) is 0 Å². The number of carbonyl (C=O) groups excluding carboxylic acids is 1. The van der Waals surface area contributed by atoms with Crippen molar-refractivity contribution in [2.45, 2.75) is 32.6 Å². The largest absolute Gasteiger partial charge is 0.493 e. The Bertz CT molecular complexity index is 741. The maximum atomic E-state index is 12.2. The molecule has 4 nitrogen and oxygen atoms in total. The quantitative estimate of drug-likeness (QED) is 0.743. The molecule has 1 N–H and O–H groups in total. The third-order valence-corrected chi connectivity index (χ3v) is 5.07. The lowest BCUT2D eigenvalue weighted by molar-refractivity contribution is -0.119. The second-order valence-electron chi connectivity index (χ2n) is 6.39. The van der Waals surface area contributed by atoms with Crippen molar-refractivity contribution in [3.05, 3.63) is 58.7 Å². The summed E-state index contributed by atoms with van der Waals surface area (Å²) in [5.41, 5.74) is 4.75. The van der Waals surface area contributed by atoms with Crippen molar-refractivity contribution in [2.75, 3.05) is 20.0 Å². The number of hydrogen-bond acceptors (Lipinski definition) is 4. The Hall–Kier alpha value is -2.14. The summed E-state index contributed by atoms with van der Waals surface area (Å²) in [6.07, 6.45) is 0. The van der Waals surface area contributed by atoms with Gasteiger partial charge in [-0.1, -0.05) is 35.4 Å². The number of nitrogens with one attached hydrogen (secondary N) is 1. The van der Waals surface area contributed by atoms with Crippen LogP contribution in [0.15, 0.2) is 36.4 Å². The fraction of sp³-hybridized carbons (Fsp3) is 0.381. The Morgan fingerprint density at radius 2 is 1.69 bits per heavy atom. The van der Waals surface area contributed by atoms with Gasteiger partial charge in [0.05, 0.1) is 26.0 Å². The standard InChI is InChI=1S/C21H27NO3S/c1-14-8-15(2)10-17(9-14)12-26-13-21(23)22-16(3)18-6-7-19(24-4)20(11-18)25-5/h6-11,16H,12-13H2,1-5H3,(H,22,23)/t16-/m0/s1. The van der Waals surface area contributed by atoms with Crippen LogP contribution in [0.2, 0.25) is 0 Å². The molecule has 140 valence electrons. The van der Waals surface area contributed by atoms with Crippen molar-refractivity contribution in [3.63, 3.8) is 0 Å². The van der Waals surface area contributed by atoms with Crippen molar-refractivity contribution in [3.8, 4) is 11.5 Å². The Balaban J connectivity index is 1.87. The Morgan fingerprint density at radius 1 is 1.04 bits per heavy atom. The van der Waals surface area contributed by atoms with Crippen molar-refractivity contribution >= 4 is 17.7 Å². The molecule has 2 aromatic carbocycles. The van der Waals surface area contributed by atoms with Gasteiger partial charge in [-0.05, 0) is 44.0 Å². The van der Waals surface area contributed by atoms with Gasteiger partial charge in [0.25, 0.3) is 0 Å². The lowest BCUT2D eigenvalue weighted by Crippen LogP contribution is -2.28. The lowest BCUT2D eigenvalue weighted by Gasteiger charge is -2.16. The van der Waals surface area contributed by atoms with E-state index in [9.17, 15) is 4.79 Å². The van der Waals surface area contributed by atoms with Gasteiger partial charge in [-0.25, -0.2) is 0 Å². The summed E-state index contributed by atoms with van der Waals surface area (Å²) in [5, 5.41) is 3.04. The van der Waals surface area contributed by atoms with Crippen LogP contribution in [0.5, 0.6) is 11.5 Å². The Labute approximate surface area is 160 Å². The minimum absolute atomic E-state index is 0.0293. The number of amides is 1. The summed E-state index contributed by atoms with van der Waals surface area (Å²) in [6.45, 7) is 6.16. The van der Waals surface area contributed by atoms with E-state index < -0.39 is 0 Å². The zero-order chi connectivity index (χ0) is 19.1. The molecule has 26 heavy (non-hydrogen) atoms. The molecule has 0 saturated carbocycles. The van der Waals surface area contributed by atoms with Gasteiger partial charge in [-0.15, -0.1) is 11.8 Å². The second kappa shape index (κ2) is 9.53. The van der Waals surface area contributed by atoms with E-state index in [0.29, 0.717) is 17.3 Å². The highest BCUT2D eigenvalue weighted by molar-refractivity contribution is 7.99. The number of aryl methyl sites for hydroxylation is 2. The van der Waals surface area contributed by atoms with Crippen LogP contribution in [0.4, 0.5) is 0 Å². The van der Waals surface area contributed by atoms with Crippen molar-refractivity contribution < 1.29 is 14.3 Å². The summed E-state index contributed by atoms with van der Waals surface area (Å²) in [6, 6.07) is 12.1. The molecule has 5 heteroatoms. The molecule has 0 aliphatic rings. The molecule has 0 aliphatic carbocycles. The SMILES string of the molecule is COc1ccc([C@H](C)NC(=O)CSCc2cc(C)cc(C)c2)cc1OC. The highest BCUT2D eigenvalue weighted by atomic mass is 32.2. The molecule has 0 heterocycles. The predicted molar refractivity (Wildman–Crippen MR) is 108 cm³/mol. The highest BCUT2D eigenvalue weighted by Crippen LogP contribution is 2.29. The van der Waals surface area contributed by atoms with Crippen LogP contribution in [0.3, 0.4) is 0 Å². The predicted octanol–water partition coefficient (Wildman–Crippen LogP) is 4.43. The van der Waals surface area contributed by atoms with E-state index in [1.165, 1.54) is 16.7 Å². The summed E-state index contributed by atoms with van der Waals surface area (Å²) < 4.78 is 10.6. The molecule has 0 fully saturated rings. The number of rotatable bonds is 8. The second-order valence-corrected chi connectivity index (χ2v) is 7.38. The molecule has 0 aliphatic heterocycles. The van der Waals surface area contributed by atoms with E-state index in [1.54, 1.807) is 26.0 Å². The van der Waals surface area contributed by atoms with Crippen LogP contribution in [0.1, 0.15) is 35.2 Å². The van der Waals surface area contributed by atoms with E-state index in [-0.39, 0.29) is 11.9 Å². The van der Waals surface area contributed by atoms with Gasteiger partial charge >= 0.3 is 0 Å². The maximum absolute atomic E-state index is 12.2. The van der Waals surface area contributed by atoms with E-state index in [0.717, 1.165) is 11.3 Å². The zero-order valence-corrected chi connectivity index (χ0v) is 16.9. The van der Waals surface area contributed by atoms with Gasteiger partial charge in [0, 0.05) is 5.75 Å². The summed E-state index contributed by atoms with van der Waals surface area (Å²) in [4.78, 5) is 12.2. The van der Waals surface area contributed by atoms with Crippen LogP contribution in [-0.4, -0.2) is 25.9 Å². The van der Waals surface area contributed by atoms with Crippen LogP contribution < -0.4 is 14.8 Å². The van der Waals surface area contributed by atoms with Gasteiger partial charge < -0.3 is 14.8 Å². The smallest absolute Gasteiger partial charge is 0.230 e. The summed E-state index contributed by atoms with van der Waals surface area (Å²) in [7, 11) is 3.21. The molecule has 0 radical (unpaired) electrons. The zero-order valence-electron chi connectivity index (χ0n) is 16.1. The third-order valence-electron chi connectivity index (χ3n) is 4.07. The molecule has 2 aromatic rings. The first kappa shape index (κ1) is 20.2. The molecule has 0 spiro atoms. The Kier molecular flexibility index (Phi) is 7.39. The highest BCUT2D eigenvalue weighted by Gasteiger charge is 2.13. The van der Waals surface area contributed by atoms with Crippen molar-refractivity contribution in [1.82, 2.24) is 5.32 Å². The fourth-order valence-corrected chi connectivity index (χ4v) is 3.68. The topological polar surface area (TPSA) is 47.6 Å². The Morgan fingerprint density at radius 3 is 2.31 bits per heavy atom. The molecular weight excluding hydrogens is 346 g/mol. The van der Waals surface area contributed by atoms with Crippen LogP contribution >= 0.6 is 11.8 Å². The van der Waals surface area contributed by atoms with Gasteiger partial charge in [0.1, 0.15) is 0 Å². The molecule has 2 rings (SSSR count). The van der Waals surface area contributed by atoms with Crippen molar-refractivity contribution in [2.24, 2.45) is 0 Å².